The Labute approximate surface area is 151 Å². The molecular formula is C19H22F2N4O. The minimum absolute atomic E-state index is 0.249. The number of anilines is 1. The van der Waals surface area contributed by atoms with Crippen LogP contribution in [0.15, 0.2) is 36.7 Å². The summed E-state index contributed by atoms with van der Waals surface area (Å²) in [6, 6.07) is 6.65. The van der Waals surface area contributed by atoms with E-state index in [0.717, 1.165) is 39.0 Å². The number of ether oxygens (including phenoxy) is 1. The molecule has 4 rings (SSSR count). The molecule has 0 amide bonds. The van der Waals surface area contributed by atoms with Crippen LogP contribution in [0.2, 0.25) is 0 Å². The summed E-state index contributed by atoms with van der Waals surface area (Å²) in [5.74, 6) is 1.14. The molecule has 0 aliphatic carbocycles. The largest absolute Gasteiger partial charge is 0.493 e. The maximum absolute atomic E-state index is 13.0. The van der Waals surface area contributed by atoms with Crippen molar-refractivity contribution in [3.05, 3.63) is 48.3 Å². The number of halogens is 2. The number of nitrogens with zero attached hydrogens (tertiary/aromatic N) is 4. The number of rotatable bonds is 4. The first kappa shape index (κ1) is 17.1. The first-order valence-electron chi connectivity index (χ1n) is 9.02. The normalized spacial score (nSPS) is 23.5. The van der Waals surface area contributed by atoms with E-state index in [2.05, 4.69) is 19.8 Å². The highest BCUT2D eigenvalue weighted by Gasteiger charge is 2.33. The Morgan fingerprint density at radius 1 is 0.962 bits per heavy atom. The number of aromatic nitrogens is 2. The summed E-state index contributed by atoms with van der Waals surface area (Å²) in [7, 11) is 0. The third-order valence-electron chi connectivity index (χ3n) is 5.19. The molecule has 5 nitrogen and oxygen atoms in total. The van der Waals surface area contributed by atoms with Crippen molar-refractivity contribution in [2.75, 3.05) is 37.7 Å². The van der Waals surface area contributed by atoms with Gasteiger partial charge in [-0.1, -0.05) is 0 Å². The van der Waals surface area contributed by atoms with Gasteiger partial charge in [0.25, 0.3) is 0 Å². The van der Waals surface area contributed by atoms with E-state index >= 15 is 0 Å². The molecule has 0 saturated carbocycles. The van der Waals surface area contributed by atoms with E-state index in [0.29, 0.717) is 30.3 Å². The summed E-state index contributed by atoms with van der Waals surface area (Å²) in [6.45, 7) is 4.31. The van der Waals surface area contributed by atoms with Crippen LogP contribution >= 0.6 is 0 Å². The van der Waals surface area contributed by atoms with Crippen LogP contribution in [-0.4, -0.2) is 53.7 Å². The molecule has 2 aromatic rings. The number of benzene rings is 1. The number of hydrogen-bond acceptors (Lipinski definition) is 5. The van der Waals surface area contributed by atoms with Gasteiger partial charge in [-0.15, -0.1) is 0 Å². The number of hydrogen-bond donors (Lipinski definition) is 0. The molecule has 2 aliphatic rings. The summed E-state index contributed by atoms with van der Waals surface area (Å²) >= 11 is 0. The molecule has 2 atom stereocenters. The molecule has 3 heterocycles. The molecule has 0 bridgehead atoms. The van der Waals surface area contributed by atoms with Crippen molar-refractivity contribution < 1.29 is 13.5 Å². The summed E-state index contributed by atoms with van der Waals surface area (Å²) < 4.78 is 31.8. The van der Waals surface area contributed by atoms with Crippen molar-refractivity contribution in [2.24, 2.45) is 5.92 Å². The Morgan fingerprint density at radius 3 is 2.50 bits per heavy atom. The van der Waals surface area contributed by atoms with E-state index in [-0.39, 0.29) is 5.82 Å². The average Bonchev–Trinajstić information content (AvgIpc) is 2.67. The Kier molecular flexibility index (Phi) is 4.97. The molecule has 2 aliphatic heterocycles. The van der Waals surface area contributed by atoms with Crippen LogP contribution < -0.4 is 9.64 Å². The van der Waals surface area contributed by atoms with Gasteiger partial charge in [-0.05, 0) is 37.1 Å². The van der Waals surface area contributed by atoms with Gasteiger partial charge in [-0.25, -0.2) is 18.7 Å². The Bertz CT molecular complexity index is 725. The van der Waals surface area contributed by atoms with Gasteiger partial charge in [0, 0.05) is 38.1 Å². The average molecular weight is 360 g/mol. The van der Waals surface area contributed by atoms with E-state index in [1.807, 2.05) is 0 Å². The molecule has 7 heteroatoms. The molecule has 26 heavy (non-hydrogen) atoms. The second-order valence-electron chi connectivity index (χ2n) is 7.00. The van der Waals surface area contributed by atoms with Gasteiger partial charge in [0.05, 0.1) is 19.0 Å². The monoisotopic (exact) mass is 360 g/mol. The fraction of sp³-hybridized carbons (Fsp3) is 0.474. The van der Waals surface area contributed by atoms with E-state index in [1.165, 1.54) is 24.5 Å². The van der Waals surface area contributed by atoms with E-state index in [9.17, 15) is 8.78 Å². The highest BCUT2D eigenvalue weighted by molar-refractivity contribution is 5.30. The highest BCUT2D eigenvalue weighted by atomic mass is 19.1. The lowest BCUT2D eigenvalue weighted by Gasteiger charge is -2.46. The first-order chi connectivity index (χ1) is 12.7. The Morgan fingerprint density at radius 2 is 1.73 bits per heavy atom. The molecule has 0 radical (unpaired) electrons. The quantitative estimate of drug-likeness (QED) is 0.839. The predicted octanol–water partition coefficient (Wildman–Crippen LogP) is 2.73. The maximum Gasteiger partial charge on any atom is 0.225 e. The highest BCUT2D eigenvalue weighted by Crippen LogP contribution is 2.27. The van der Waals surface area contributed by atoms with Crippen LogP contribution in [0.5, 0.6) is 5.75 Å². The summed E-state index contributed by atoms with van der Waals surface area (Å²) in [6.07, 6.45) is 4.63. The summed E-state index contributed by atoms with van der Waals surface area (Å²) in [4.78, 5) is 12.8. The lowest BCUT2D eigenvalue weighted by Crippen LogP contribution is -2.57. The maximum atomic E-state index is 13.0. The van der Waals surface area contributed by atoms with Gasteiger partial charge in [-0.2, -0.15) is 0 Å². The van der Waals surface area contributed by atoms with Crippen LogP contribution in [0.3, 0.4) is 0 Å². The molecule has 2 saturated heterocycles. The van der Waals surface area contributed by atoms with E-state index in [4.69, 9.17) is 4.74 Å². The van der Waals surface area contributed by atoms with Gasteiger partial charge in [0.15, 0.2) is 5.82 Å². The number of piperidine rings is 1. The van der Waals surface area contributed by atoms with Gasteiger partial charge in [0.2, 0.25) is 5.95 Å². The van der Waals surface area contributed by atoms with Gasteiger partial charge in [0.1, 0.15) is 11.6 Å². The SMILES string of the molecule is Fc1ccc(OC[C@@H]2CC[C@@H]3CN(c4ncc(F)cn4)CCN3C2)cc1. The lowest BCUT2D eigenvalue weighted by molar-refractivity contribution is 0.0725. The van der Waals surface area contributed by atoms with Gasteiger partial charge in [-0.3, -0.25) is 4.90 Å². The zero-order valence-electron chi connectivity index (χ0n) is 14.5. The molecule has 2 fully saturated rings. The third-order valence-corrected chi connectivity index (χ3v) is 5.19. The summed E-state index contributed by atoms with van der Waals surface area (Å²) in [5.41, 5.74) is 0. The van der Waals surface area contributed by atoms with Crippen molar-refractivity contribution in [1.29, 1.82) is 0 Å². The van der Waals surface area contributed by atoms with Crippen LogP contribution in [0.25, 0.3) is 0 Å². The van der Waals surface area contributed by atoms with Crippen molar-refractivity contribution in [3.8, 4) is 5.75 Å². The molecule has 1 aromatic heterocycles. The van der Waals surface area contributed by atoms with Crippen molar-refractivity contribution in [1.82, 2.24) is 14.9 Å². The molecule has 138 valence electrons. The van der Waals surface area contributed by atoms with Crippen molar-refractivity contribution in [2.45, 2.75) is 18.9 Å². The minimum Gasteiger partial charge on any atom is -0.493 e. The first-order valence-corrected chi connectivity index (χ1v) is 9.02. The predicted molar refractivity (Wildman–Crippen MR) is 94.2 cm³/mol. The minimum atomic E-state index is -0.408. The zero-order chi connectivity index (χ0) is 17.9. The van der Waals surface area contributed by atoms with Crippen LogP contribution in [0, 0.1) is 17.6 Å². The van der Waals surface area contributed by atoms with Crippen LogP contribution in [0.4, 0.5) is 14.7 Å². The van der Waals surface area contributed by atoms with Crippen molar-refractivity contribution >= 4 is 5.95 Å². The van der Waals surface area contributed by atoms with Crippen LogP contribution in [0.1, 0.15) is 12.8 Å². The van der Waals surface area contributed by atoms with E-state index < -0.39 is 5.82 Å². The second kappa shape index (κ2) is 7.53. The van der Waals surface area contributed by atoms with Gasteiger partial charge < -0.3 is 9.64 Å². The molecule has 0 spiro atoms. The fourth-order valence-electron chi connectivity index (χ4n) is 3.79. The summed E-state index contributed by atoms with van der Waals surface area (Å²) in [5, 5.41) is 0. The Balaban J connectivity index is 1.29. The lowest BCUT2D eigenvalue weighted by atomic mass is 9.91. The molecule has 0 N–H and O–H groups in total. The van der Waals surface area contributed by atoms with E-state index in [1.54, 1.807) is 12.1 Å². The molecule has 0 unspecified atom stereocenters. The van der Waals surface area contributed by atoms with Crippen molar-refractivity contribution in [3.63, 3.8) is 0 Å². The number of fused-ring (bicyclic) bond motifs is 1. The zero-order valence-corrected chi connectivity index (χ0v) is 14.5. The third kappa shape index (κ3) is 3.93. The molecular weight excluding hydrogens is 338 g/mol. The standard InChI is InChI=1S/C19H22F2N4O/c20-15-2-5-18(6-3-15)26-13-14-1-4-17-12-25(8-7-24(17)11-14)19-22-9-16(21)10-23-19/h2-3,5-6,9-10,14,17H,1,4,7-8,11-13H2/t14-,17-/m1/s1. The number of piperazine rings is 1. The molecule has 1 aromatic carbocycles. The topological polar surface area (TPSA) is 41.5 Å². The van der Waals surface area contributed by atoms with Crippen LogP contribution in [-0.2, 0) is 0 Å². The second-order valence-corrected chi connectivity index (χ2v) is 7.00. The fourth-order valence-corrected chi connectivity index (χ4v) is 3.79. The smallest absolute Gasteiger partial charge is 0.225 e. The van der Waals surface area contributed by atoms with Gasteiger partial charge >= 0.3 is 0 Å². The Hall–Kier alpha value is -2.28.